The molecule has 0 spiro atoms. The van der Waals surface area contributed by atoms with Gasteiger partial charge in [0.1, 0.15) is 0 Å². The third-order valence-electron chi connectivity index (χ3n) is 3.37. The van der Waals surface area contributed by atoms with E-state index in [1.165, 1.54) is 0 Å². The van der Waals surface area contributed by atoms with E-state index < -0.39 is 7.44 Å². The molecule has 0 saturated carbocycles. The fourth-order valence-electron chi connectivity index (χ4n) is 2.67. The second-order valence-electron chi connectivity index (χ2n) is 6.43. The molecular formula is C16H31N4OP. The van der Waals surface area contributed by atoms with Gasteiger partial charge in [0.05, 0.1) is 0 Å². The Bertz CT molecular complexity index is 456. The van der Waals surface area contributed by atoms with Crippen LogP contribution >= 0.6 is 7.44 Å². The predicted molar refractivity (Wildman–Crippen MR) is 95.4 cm³/mol. The molecule has 4 atom stereocenters. The van der Waals surface area contributed by atoms with Crippen molar-refractivity contribution in [1.29, 1.82) is 0 Å². The zero-order chi connectivity index (χ0) is 16.8. The summed E-state index contributed by atoms with van der Waals surface area (Å²) in [7, 11) is -2.91. The Kier molecular flexibility index (Phi) is 7.74. The molecule has 22 heavy (non-hydrogen) atoms. The molecule has 0 bridgehead atoms. The van der Waals surface area contributed by atoms with E-state index in [-0.39, 0.29) is 24.2 Å². The molecule has 0 aliphatic heterocycles. The molecular weight excluding hydrogens is 295 g/mol. The average Bonchev–Trinajstić information content (AvgIpc) is 2.37. The predicted octanol–water partition coefficient (Wildman–Crippen LogP) is 1.94. The number of hydrogen-bond acceptors (Lipinski definition) is 3. The number of nitrogens with one attached hydrogen (secondary N) is 2. The molecule has 126 valence electrons. The normalized spacial score (nSPS) is 19.9. The van der Waals surface area contributed by atoms with Crippen LogP contribution in [0.5, 0.6) is 0 Å². The van der Waals surface area contributed by atoms with Crippen LogP contribution in [0.1, 0.15) is 40.5 Å². The first-order valence-corrected chi connectivity index (χ1v) is 9.66. The Morgan fingerprint density at radius 2 is 1.32 bits per heavy atom. The molecule has 0 amide bonds. The van der Waals surface area contributed by atoms with Crippen molar-refractivity contribution in [2.24, 2.45) is 11.5 Å². The van der Waals surface area contributed by atoms with Gasteiger partial charge in [0, 0.05) is 29.5 Å². The molecule has 0 aromatic heterocycles. The number of benzene rings is 1. The third kappa shape index (κ3) is 6.59. The second-order valence-corrected chi connectivity index (χ2v) is 8.68. The molecule has 1 aromatic rings. The van der Waals surface area contributed by atoms with Crippen LogP contribution in [-0.2, 0) is 4.57 Å². The number of rotatable bonds is 9. The fourth-order valence-corrected chi connectivity index (χ4v) is 5.08. The smallest absolute Gasteiger partial charge is 0.241 e. The van der Waals surface area contributed by atoms with Crippen LogP contribution in [0.2, 0.25) is 0 Å². The van der Waals surface area contributed by atoms with Gasteiger partial charge in [-0.25, -0.2) is 10.2 Å². The minimum atomic E-state index is -2.91. The second kappa shape index (κ2) is 8.80. The molecule has 6 heteroatoms. The average molecular weight is 326 g/mol. The Labute approximate surface area is 134 Å². The highest BCUT2D eigenvalue weighted by Crippen LogP contribution is 2.37. The van der Waals surface area contributed by atoms with Crippen LogP contribution in [0, 0.1) is 0 Å². The van der Waals surface area contributed by atoms with Crippen molar-refractivity contribution < 1.29 is 4.57 Å². The largest absolute Gasteiger partial charge is 0.328 e. The van der Waals surface area contributed by atoms with Crippen LogP contribution in [0.4, 0.5) is 0 Å². The van der Waals surface area contributed by atoms with E-state index in [4.69, 9.17) is 11.5 Å². The van der Waals surface area contributed by atoms with E-state index in [0.717, 1.165) is 18.1 Å². The first-order valence-electron chi connectivity index (χ1n) is 7.95. The van der Waals surface area contributed by atoms with Crippen molar-refractivity contribution in [3.8, 4) is 0 Å². The molecule has 0 aliphatic rings. The van der Waals surface area contributed by atoms with Crippen molar-refractivity contribution in [3.63, 3.8) is 0 Å². The zero-order valence-corrected chi connectivity index (χ0v) is 15.0. The lowest BCUT2D eigenvalue weighted by atomic mass is 10.1. The van der Waals surface area contributed by atoms with Gasteiger partial charge < -0.3 is 11.5 Å². The van der Waals surface area contributed by atoms with Crippen molar-refractivity contribution in [3.05, 3.63) is 30.3 Å². The summed E-state index contributed by atoms with van der Waals surface area (Å²) in [6.07, 6.45) is 1.53. The van der Waals surface area contributed by atoms with Gasteiger partial charge in [0.2, 0.25) is 7.44 Å². The molecule has 4 unspecified atom stereocenters. The van der Waals surface area contributed by atoms with E-state index in [9.17, 15) is 4.57 Å². The van der Waals surface area contributed by atoms with Crippen molar-refractivity contribution in [2.45, 2.75) is 64.7 Å². The van der Waals surface area contributed by atoms with Crippen LogP contribution < -0.4 is 26.9 Å². The lowest BCUT2D eigenvalue weighted by molar-refractivity contribution is 0.491. The van der Waals surface area contributed by atoms with Gasteiger partial charge in [-0.2, -0.15) is 0 Å². The Hall–Kier alpha value is -0.710. The molecule has 5 nitrogen and oxygen atoms in total. The molecule has 0 fully saturated rings. The molecule has 0 heterocycles. The minimum absolute atomic E-state index is 0.0565. The van der Waals surface area contributed by atoms with Crippen LogP contribution in [0.15, 0.2) is 30.3 Å². The SMILES string of the molecule is CC(N)CC(C)NP(=O)(NC(C)CC(C)N)c1ccccc1. The van der Waals surface area contributed by atoms with Gasteiger partial charge >= 0.3 is 0 Å². The summed E-state index contributed by atoms with van der Waals surface area (Å²) in [5, 5.41) is 7.32. The first kappa shape index (κ1) is 19.3. The first-order chi connectivity index (χ1) is 10.2. The van der Waals surface area contributed by atoms with Gasteiger partial charge in [0.15, 0.2) is 0 Å². The number of nitrogens with two attached hydrogens (primary N) is 2. The van der Waals surface area contributed by atoms with Gasteiger partial charge in [-0.1, -0.05) is 18.2 Å². The Morgan fingerprint density at radius 3 is 1.68 bits per heavy atom. The maximum atomic E-state index is 13.5. The summed E-state index contributed by atoms with van der Waals surface area (Å²) < 4.78 is 13.5. The lowest BCUT2D eigenvalue weighted by Gasteiger charge is -2.29. The molecule has 0 saturated heterocycles. The Morgan fingerprint density at radius 1 is 0.909 bits per heavy atom. The van der Waals surface area contributed by atoms with Gasteiger partial charge in [-0.3, -0.25) is 4.57 Å². The van der Waals surface area contributed by atoms with Crippen LogP contribution in [-0.4, -0.2) is 24.2 Å². The molecule has 6 N–H and O–H groups in total. The topological polar surface area (TPSA) is 93.2 Å². The summed E-state index contributed by atoms with van der Waals surface area (Å²) in [5.41, 5.74) is 11.7. The maximum Gasteiger partial charge on any atom is 0.241 e. The van der Waals surface area contributed by atoms with E-state index in [1.54, 1.807) is 0 Å². The van der Waals surface area contributed by atoms with Crippen molar-refractivity contribution in [2.75, 3.05) is 0 Å². The standard InChI is InChI=1S/C16H31N4OP/c1-12(17)10-14(3)19-22(21,16-8-6-5-7-9-16)20-15(4)11-13(2)18/h5-9,12-15H,10-11,17-18H2,1-4H3,(H2,19,20,21). The quantitative estimate of drug-likeness (QED) is 0.520. The van der Waals surface area contributed by atoms with Crippen LogP contribution in [0.25, 0.3) is 0 Å². The Balaban J connectivity index is 2.92. The monoisotopic (exact) mass is 326 g/mol. The summed E-state index contributed by atoms with van der Waals surface area (Å²) in [6, 6.07) is 9.74. The zero-order valence-electron chi connectivity index (χ0n) is 14.1. The van der Waals surface area contributed by atoms with Crippen LogP contribution in [0.3, 0.4) is 0 Å². The van der Waals surface area contributed by atoms with E-state index in [1.807, 2.05) is 58.0 Å². The van der Waals surface area contributed by atoms with E-state index in [0.29, 0.717) is 0 Å². The lowest BCUT2D eigenvalue weighted by Crippen LogP contribution is -2.41. The summed E-state index contributed by atoms with van der Waals surface area (Å²) in [5.74, 6) is 0. The minimum Gasteiger partial charge on any atom is -0.328 e. The van der Waals surface area contributed by atoms with Crippen molar-refractivity contribution in [1.82, 2.24) is 10.2 Å². The third-order valence-corrected chi connectivity index (χ3v) is 6.01. The summed E-state index contributed by atoms with van der Waals surface area (Å²) in [4.78, 5) is 0. The highest BCUT2D eigenvalue weighted by molar-refractivity contribution is 7.67. The summed E-state index contributed by atoms with van der Waals surface area (Å²) >= 11 is 0. The van der Waals surface area contributed by atoms with E-state index >= 15 is 0 Å². The summed E-state index contributed by atoms with van der Waals surface area (Å²) in [6.45, 7) is 7.93. The highest BCUT2D eigenvalue weighted by Gasteiger charge is 2.28. The van der Waals surface area contributed by atoms with E-state index in [2.05, 4.69) is 10.2 Å². The molecule has 0 radical (unpaired) electrons. The highest BCUT2D eigenvalue weighted by atomic mass is 31.2. The van der Waals surface area contributed by atoms with Crippen molar-refractivity contribution >= 4 is 12.7 Å². The van der Waals surface area contributed by atoms with Gasteiger partial charge in [-0.15, -0.1) is 0 Å². The maximum absolute atomic E-state index is 13.5. The molecule has 1 rings (SSSR count). The fraction of sp³-hybridized carbons (Fsp3) is 0.625. The number of hydrogen-bond donors (Lipinski definition) is 4. The van der Waals surface area contributed by atoms with Gasteiger partial charge in [0.25, 0.3) is 0 Å². The molecule has 0 aliphatic carbocycles. The van der Waals surface area contributed by atoms with Gasteiger partial charge in [-0.05, 0) is 52.7 Å². The molecule has 1 aromatic carbocycles.